The highest BCUT2D eigenvalue weighted by atomic mass is 19.1. The first kappa shape index (κ1) is 23.7. The van der Waals surface area contributed by atoms with Crippen molar-refractivity contribution in [2.24, 2.45) is 0 Å². The lowest BCUT2D eigenvalue weighted by Crippen LogP contribution is -2.25. The highest BCUT2D eigenvalue weighted by Crippen LogP contribution is 2.45. The molecule has 0 bridgehead atoms. The maximum absolute atomic E-state index is 14.9. The molecule has 0 unspecified atom stereocenters. The zero-order chi connectivity index (χ0) is 26.6. The van der Waals surface area contributed by atoms with Crippen molar-refractivity contribution in [1.82, 2.24) is 15.0 Å². The first-order valence-corrected chi connectivity index (χ1v) is 12.0. The summed E-state index contributed by atoms with van der Waals surface area (Å²) in [5.74, 6) is -0.841. The molecule has 0 saturated heterocycles. The van der Waals surface area contributed by atoms with Crippen molar-refractivity contribution >= 4 is 16.9 Å². The van der Waals surface area contributed by atoms with Gasteiger partial charge in [0.2, 0.25) is 0 Å². The summed E-state index contributed by atoms with van der Waals surface area (Å²) in [5, 5.41) is 10.1. The number of benzene rings is 3. The van der Waals surface area contributed by atoms with Crippen LogP contribution in [0.2, 0.25) is 0 Å². The van der Waals surface area contributed by atoms with Crippen molar-refractivity contribution in [1.29, 1.82) is 0 Å². The number of fused-ring (bicyclic) bond motifs is 2. The Morgan fingerprint density at radius 3 is 2.84 bits per heavy atom. The molecular weight excluding hydrogens is 492 g/mol. The number of para-hydroxylation sites is 1. The molecule has 7 nitrogen and oxygen atoms in total. The normalized spacial score (nSPS) is 16.4. The standard InChI is InChI=1S/C29H23F2N3O4/c1-15-18-8-9-32-23(18)12-22(31)26(15)38-17-6-7-21(30)19(11-17)28-33-13-24(34-28)29(2)14-37-27-16(10-25(35)36)4-3-5-20(27)29/h3-9,11-13,32H,10,14H2,1-2H3,(H,33,34)(H,35,36)/t29-/m0/s1. The average Bonchev–Trinajstić information content (AvgIpc) is 3.63. The summed E-state index contributed by atoms with van der Waals surface area (Å²) in [6.07, 6.45) is 3.20. The molecule has 9 heteroatoms. The fourth-order valence-electron chi connectivity index (χ4n) is 5.06. The molecule has 3 N–H and O–H groups in total. The Balaban J connectivity index is 1.34. The van der Waals surface area contributed by atoms with Gasteiger partial charge >= 0.3 is 5.97 Å². The van der Waals surface area contributed by atoms with Gasteiger partial charge in [0, 0.05) is 51.7 Å². The number of halogens is 2. The minimum Gasteiger partial charge on any atom is -0.492 e. The maximum Gasteiger partial charge on any atom is 0.307 e. The van der Waals surface area contributed by atoms with Crippen LogP contribution in [0.4, 0.5) is 8.78 Å². The fraction of sp³-hybridized carbons (Fsp3) is 0.172. The number of nitrogens with zero attached hydrogens (tertiary/aromatic N) is 1. The summed E-state index contributed by atoms with van der Waals surface area (Å²) in [6, 6.07) is 12.8. The lowest BCUT2D eigenvalue weighted by atomic mass is 9.81. The van der Waals surface area contributed by atoms with Crippen LogP contribution in [0.1, 0.15) is 29.3 Å². The van der Waals surface area contributed by atoms with Gasteiger partial charge in [-0.3, -0.25) is 4.79 Å². The number of nitrogens with one attached hydrogen (secondary N) is 2. The van der Waals surface area contributed by atoms with Crippen LogP contribution in [0.15, 0.2) is 60.9 Å². The van der Waals surface area contributed by atoms with Gasteiger partial charge in [-0.25, -0.2) is 13.8 Å². The molecule has 0 radical (unpaired) electrons. The molecule has 1 aliphatic rings. The van der Waals surface area contributed by atoms with Crippen LogP contribution in [0, 0.1) is 18.6 Å². The molecule has 3 heterocycles. The predicted molar refractivity (Wildman–Crippen MR) is 137 cm³/mol. The number of aromatic amines is 2. The minimum atomic E-state index is -0.944. The lowest BCUT2D eigenvalue weighted by Gasteiger charge is -2.21. The average molecular weight is 516 g/mol. The third-order valence-electron chi connectivity index (χ3n) is 7.13. The molecule has 0 spiro atoms. The Hall–Kier alpha value is -4.66. The van der Waals surface area contributed by atoms with Crippen LogP contribution in [0.25, 0.3) is 22.3 Å². The van der Waals surface area contributed by atoms with Crippen molar-refractivity contribution in [3.05, 3.63) is 94.9 Å². The summed E-state index contributed by atoms with van der Waals surface area (Å²) in [6.45, 7) is 3.99. The molecule has 3 aromatic carbocycles. The van der Waals surface area contributed by atoms with Gasteiger partial charge in [0.15, 0.2) is 11.6 Å². The van der Waals surface area contributed by atoms with E-state index in [4.69, 9.17) is 9.47 Å². The number of H-pyrrole nitrogens is 2. The highest BCUT2D eigenvalue weighted by molar-refractivity contribution is 5.85. The first-order valence-electron chi connectivity index (χ1n) is 12.0. The van der Waals surface area contributed by atoms with E-state index in [0.29, 0.717) is 28.1 Å². The number of aryl methyl sites for hydroxylation is 1. The quantitative estimate of drug-likeness (QED) is 0.248. The van der Waals surface area contributed by atoms with E-state index in [0.717, 1.165) is 10.9 Å². The fourth-order valence-corrected chi connectivity index (χ4v) is 5.06. The number of hydrogen-bond donors (Lipinski definition) is 3. The largest absolute Gasteiger partial charge is 0.492 e. The predicted octanol–water partition coefficient (Wildman–Crippen LogP) is 6.26. The molecule has 5 aromatic rings. The molecule has 0 aliphatic carbocycles. The number of carboxylic acids is 1. The number of aliphatic carboxylic acids is 1. The van der Waals surface area contributed by atoms with Gasteiger partial charge in [0.1, 0.15) is 29.7 Å². The Morgan fingerprint density at radius 1 is 1.18 bits per heavy atom. The molecule has 1 aliphatic heterocycles. The van der Waals surface area contributed by atoms with Gasteiger partial charge in [-0.1, -0.05) is 18.2 Å². The Labute approximate surface area is 216 Å². The summed E-state index contributed by atoms with van der Waals surface area (Å²) in [4.78, 5) is 21.9. The molecule has 38 heavy (non-hydrogen) atoms. The van der Waals surface area contributed by atoms with E-state index in [9.17, 15) is 18.7 Å². The van der Waals surface area contributed by atoms with E-state index in [2.05, 4.69) is 15.0 Å². The second-order valence-corrected chi connectivity index (χ2v) is 9.63. The molecular formula is C29H23F2N3O4. The van der Waals surface area contributed by atoms with Crippen molar-refractivity contribution in [3.8, 4) is 28.6 Å². The highest BCUT2D eigenvalue weighted by Gasteiger charge is 2.41. The zero-order valence-corrected chi connectivity index (χ0v) is 20.6. The third kappa shape index (κ3) is 3.78. The van der Waals surface area contributed by atoms with Crippen LogP contribution in [-0.4, -0.2) is 32.6 Å². The summed E-state index contributed by atoms with van der Waals surface area (Å²) in [7, 11) is 0. The summed E-state index contributed by atoms with van der Waals surface area (Å²) >= 11 is 0. The second-order valence-electron chi connectivity index (χ2n) is 9.63. The van der Waals surface area contributed by atoms with E-state index in [1.165, 1.54) is 24.3 Å². The molecule has 0 amide bonds. The Morgan fingerprint density at radius 2 is 2.03 bits per heavy atom. The molecule has 1 atom stereocenters. The molecule has 6 rings (SSSR count). The number of aromatic nitrogens is 3. The number of rotatable bonds is 6. The topological polar surface area (TPSA) is 100 Å². The second kappa shape index (κ2) is 8.72. The number of ether oxygens (including phenoxy) is 2. The number of imidazole rings is 1. The van der Waals surface area contributed by atoms with Gasteiger partial charge in [0.25, 0.3) is 0 Å². The van der Waals surface area contributed by atoms with Crippen LogP contribution in [0.3, 0.4) is 0 Å². The maximum atomic E-state index is 14.9. The summed E-state index contributed by atoms with van der Waals surface area (Å²) < 4.78 is 41.6. The first-order chi connectivity index (χ1) is 18.2. The SMILES string of the molecule is Cc1c(Oc2ccc(F)c(-c3ncc([C@@]4(C)COc5c(CC(=O)O)cccc54)[nH]3)c2)c(F)cc2[nH]ccc12. The van der Waals surface area contributed by atoms with Crippen LogP contribution < -0.4 is 9.47 Å². The van der Waals surface area contributed by atoms with E-state index in [1.807, 2.05) is 19.1 Å². The molecule has 2 aromatic heterocycles. The van der Waals surface area contributed by atoms with Crippen molar-refractivity contribution in [3.63, 3.8) is 0 Å². The van der Waals surface area contributed by atoms with Gasteiger partial charge in [-0.15, -0.1) is 0 Å². The van der Waals surface area contributed by atoms with Crippen LogP contribution in [0.5, 0.6) is 17.2 Å². The number of carbonyl (C=O) groups is 1. The number of carboxylic acid groups (broad SMARTS) is 1. The van der Waals surface area contributed by atoms with Gasteiger partial charge in [0.05, 0.1) is 17.4 Å². The lowest BCUT2D eigenvalue weighted by molar-refractivity contribution is -0.136. The Kier molecular flexibility index (Phi) is 5.45. The van der Waals surface area contributed by atoms with Crippen LogP contribution in [-0.2, 0) is 16.6 Å². The van der Waals surface area contributed by atoms with Crippen LogP contribution >= 0.6 is 0 Å². The Bertz CT molecular complexity index is 1720. The van der Waals surface area contributed by atoms with E-state index >= 15 is 0 Å². The zero-order valence-electron chi connectivity index (χ0n) is 20.6. The van der Waals surface area contributed by atoms with E-state index < -0.39 is 23.0 Å². The van der Waals surface area contributed by atoms with Crippen molar-refractivity contribution in [2.45, 2.75) is 25.7 Å². The van der Waals surface area contributed by atoms with Gasteiger partial charge in [-0.2, -0.15) is 0 Å². The third-order valence-corrected chi connectivity index (χ3v) is 7.13. The monoisotopic (exact) mass is 515 g/mol. The smallest absolute Gasteiger partial charge is 0.307 e. The van der Waals surface area contributed by atoms with Gasteiger partial charge < -0.3 is 24.5 Å². The summed E-state index contributed by atoms with van der Waals surface area (Å²) in [5.41, 5.74) is 2.91. The van der Waals surface area contributed by atoms with Crippen molar-refractivity contribution < 1.29 is 28.2 Å². The number of hydrogen-bond acceptors (Lipinski definition) is 4. The molecule has 192 valence electrons. The van der Waals surface area contributed by atoms with E-state index in [-0.39, 0.29) is 35.9 Å². The van der Waals surface area contributed by atoms with Crippen molar-refractivity contribution in [2.75, 3.05) is 6.61 Å². The molecule has 0 saturated carbocycles. The molecule has 0 fully saturated rings. The van der Waals surface area contributed by atoms with E-state index in [1.54, 1.807) is 31.5 Å². The minimum absolute atomic E-state index is 0.0687. The van der Waals surface area contributed by atoms with Gasteiger partial charge in [-0.05, 0) is 38.1 Å².